The number of ether oxygens (including phenoxy) is 2. The predicted octanol–water partition coefficient (Wildman–Crippen LogP) is 2.46. The van der Waals surface area contributed by atoms with Gasteiger partial charge in [-0.2, -0.15) is 4.31 Å². The molecule has 0 spiro atoms. The van der Waals surface area contributed by atoms with Crippen LogP contribution in [-0.4, -0.2) is 49.5 Å². The van der Waals surface area contributed by atoms with Crippen molar-refractivity contribution < 1.29 is 22.7 Å². The molecule has 2 aliphatic rings. The third kappa shape index (κ3) is 4.04. The van der Waals surface area contributed by atoms with Crippen LogP contribution in [0.5, 0.6) is 11.5 Å². The summed E-state index contributed by atoms with van der Waals surface area (Å²) in [6.45, 7) is 3.95. The van der Waals surface area contributed by atoms with E-state index in [2.05, 4.69) is 5.32 Å². The highest BCUT2D eigenvalue weighted by Gasteiger charge is 2.28. The molecule has 1 amide bonds. The van der Waals surface area contributed by atoms with Crippen LogP contribution in [0.1, 0.15) is 48.3 Å². The molecule has 1 unspecified atom stereocenters. The number of carbonyl (C=O) groups excluding carboxylic acids is 1. The number of nitrogens with zero attached hydrogens (tertiary/aromatic N) is 2. The Morgan fingerprint density at radius 3 is 2.50 bits per heavy atom. The van der Waals surface area contributed by atoms with Gasteiger partial charge in [0, 0.05) is 26.3 Å². The van der Waals surface area contributed by atoms with E-state index in [-0.39, 0.29) is 16.8 Å². The lowest BCUT2D eigenvalue weighted by Crippen LogP contribution is -2.35. The number of amides is 1. The first-order valence-electron chi connectivity index (χ1n) is 10.2. The zero-order chi connectivity index (χ0) is 21.3. The van der Waals surface area contributed by atoms with Crippen molar-refractivity contribution in [2.75, 3.05) is 26.3 Å². The molecule has 1 atom stereocenters. The molecule has 2 aromatic rings. The van der Waals surface area contributed by atoms with Gasteiger partial charge in [-0.15, -0.1) is 0 Å². The van der Waals surface area contributed by atoms with Crippen LogP contribution in [0.15, 0.2) is 35.4 Å². The van der Waals surface area contributed by atoms with E-state index in [9.17, 15) is 13.2 Å². The molecule has 2 aliphatic heterocycles. The van der Waals surface area contributed by atoms with E-state index in [4.69, 9.17) is 9.47 Å². The largest absolute Gasteiger partial charge is 0.486 e. The number of nitrogens with one attached hydrogen (secondary N) is 1. The number of benzene rings is 1. The van der Waals surface area contributed by atoms with Gasteiger partial charge in [0.05, 0.1) is 6.04 Å². The summed E-state index contributed by atoms with van der Waals surface area (Å²) in [4.78, 5) is 13.0. The molecule has 1 saturated heterocycles. The highest BCUT2D eigenvalue weighted by Crippen LogP contribution is 2.32. The molecule has 0 radical (unpaired) electrons. The van der Waals surface area contributed by atoms with Crippen molar-refractivity contribution in [1.29, 1.82) is 0 Å². The fraction of sp³-hybridized carbons (Fsp3) is 0.476. The molecule has 162 valence electrons. The van der Waals surface area contributed by atoms with Crippen molar-refractivity contribution in [3.63, 3.8) is 0 Å². The summed E-state index contributed by atoms with van der Waals surface area (Å²) < 4.78 is 40.0. The average molecular weight is 434 g/mol. The molecule has 8 nitrogen and oxygen atoms in total. The number of fused-ring (bicyclic) bond motifs is 1. The van der Waals surface area contributed by atoms with Crippen LogP contribution < -0.4 is 14.8 Å². The van der Waals surface area contributed by atoms with E-state index < -0.39 is 10.0 Å². The highest BCUT2D eigenvalue weighted by molar-refractivity contribution is 7.89. The second kappa shape index (κ2) is 8.31. The Morgan fingerprint density at radius 2 is 1.77 bits per heavy atom. The first-order chi connectivity index (χ1) is 14.4. The molecule has 3 heterocycles. The second-order valence-corrected chi connectivity index (χ2v) is 9.67. The van der Waals surface area contributed by atoms with Crippen LogP contribution in [-0.2, 0) is 17.1 Å². The molecule has 1 N–H and O–H groups in total. The predicted molar refractivity (Wildman–Crippen MR) is 111 cm³/mol. The molecule has 0 bridgehead atoms. The number of aromatic nitrogens is 1. The van der Waals surface area contributed by atoms with E-state index in [1.807, 2.05) is 25.1 Å². The van der Waals surface area contributed by atoms with Crippen molar-refractivity contribution >= 4 is 15.9 Å². The standard InChI is InChI=1S/C21H27N3O5S/c1-15(16-6-7-19-20(12-16)29-11-10-28-19)22-21(25)18-13-17(14-23(18)2)30(26,27)24-8-4-3-5-9-24/h6-7,12-15H,3-5,8-11H2,1-2H3,(H,22,25). The summed E-state index contributed by atoms with van der Waals surface area (Å²) in [6, 6.07) is 6.74. The quantitative estimate of drug-likeness (QED) is 0.782. The first-order valence-corrected chi connectivity index (χ1v) is 11.7. The Kier molecular flexibility index (Phi) is 5.75. The van der Waals surface area contributed by atoms with Crippen LogP contribution in [0.25, 0.3) is 0 Å². The van der Waals surface area contributed by atoms with Gasteiger partial charge in [-0.3, -0.25) is 4.79 Å². The van der Waals surface area contributed by atoms with Crippen molar-refractivity contribution in [2.24, 2.45) is 7.05 Å². The van der Waals surface area contributed by atoms with Crippen LogP contribution in [0.4, 0.5) is 0 Å². The van der Waals surface area contributed by atoms with Crippen molar-refractivity contribution in [3.8, 4) is 11.5 Å². The molecule has 4 rings (SSSR count). The van der Waals surface area contributed by atoms with E-state index in [1.54, 1.807) is 11.6 Å². The topological polar surface area (TPSA) is 89.9 Å². The minimum Gasteiger partial charge on any atom is -0.486 e. The lowest BCUT2D eigenvalue weighted by molar-refractivity contribution is 0.0931. The zero-order valence-corrected chi connectivity index (χ0v) is 18.1. The molecule has 1 aromatic carbocycles. The van der Waals surface area contributed by atoms with E-state index >= 15 is 0 Å². The molecule has 0 aliphatic carbocycles. The summed E-state index contributed by atoms with van der Waals surface area (Å²) in [5.41, 5.74) is 1.18. The van der Waals surface area contributed by atoms with Crippen molar-refractivity contribution in [2.45, 2.75) is 37.1 Å². The second-order valence-electron chi connectivity index (χ2n) is 7.73. The maximum Gasteiger partial charge on any atom is 0.268 e. The first kappa shape index (κ1) is 20.7. The maximum absolute atomic E-state index is 12.9. The van der Waals surface area contributed by atoms with Gasteiger partial charge >= 0.3 is 0 Å². The smallest absolute Gasteiger partial charge is 0.268 e. The number of hydrogen-bond donors (Lipinski definition) is 1. The van der Waals surface area contributed by atoms with Gasteiger partial charge in [0.2, 0.25) is 10.0 Å². The Hall–Kier alpha value is -2.52. The summed E-state index contributed by atoms with van der Waals surface area (Å²) in [6.07, 6.45) is 4.29. The fourth-order valence-electron chi connectivity index (χ4n) is 3.84. The Balaban J connectivity index is 1.50. The van der Waals surface area contributed by atoms with Crippen molar-refractivity contribution in [1.82, 2.24) is 14.2 Å². The van der Waals surface area contributed by atoms with E-state index in [1.165, 1.54) is 16.6 Å². The van der Waals surface area contributed by atoms with Gasteiger partial charge in [-0.25, -0.2) is 8.42 Å². The molecular formula is C21H27N3O5S. The van der Waals surface area contributed by atoms with Crippen LogP contribution >= 0.6 is 0 Å². The number of sulfonamides is 1. The van der Waals surface area contributed by atoms with E-state index in [0.717, 1.165) is 24.8 Å². The van der Waals surface area contributed by atoms with Gasteiger partial charge in [0.1, 0.15) is 23.8 Å². The summed E-state index contributed by atoms with van der Waals surface area (Å²) in [5, 5.41) is 2.94. The van der Waals surface area contributed by atoms with Gasteiger partial charge in [0.25, 0.3) is 5.91 Å². The molecule has 9 heteroatoms. The third-order valence-electron chi connectivity index (χ3n) is 5.58. The monoisotopic (exact) mass is 433 g/mol. The lowest BCUT2D eigenvalue weighted by atomic mass is 10.1. The number of rotatable bonds is 5. The fourth-order valence-corrected chi connectivity index (χ4v) is 5.43. The maximum atomic E-state index is 12.9. The number of hydrogen-bond acceptors (Lipinski definition) is 5. The molecule has 1 aromatic heterocycles. The number of piperidine rings is 1. The summed E-state index contributed by atoms with van der Waals surface area (Å²) in [7, 11) is -1.91. The normalized spacial score (nSPS) is 18.1. The Bertz CT molecular complexity index is 1040. The van der Waals surface area contributed by atoms with Crippen LogP contribution in [0.2, 0.25) is 0 Å². The third-order valence-corrected chi connectivity index (χ3v) is 7.44. The van der Waals surface area contributed by atoms with Crippen LogP contribution in [0.3, 0.4) is 0 Å². The van der Waals surface area contributed by atoms with Crippen molar-refractivity contribution in [3.05, 3.63) is 41.7 Å². The SMILES string of the molecule is CC(NC(=O)c1cc(S(=O)(=O)N2CCCCC2)cn1C)c1ccc2c(c1)OCCO2. The molecule has 1 fully saturated rings. The molecular weight excluding hydrogens is 406 g/mol. The average Bonchev–Trinajstić information content (AvgIpc) is 3.16. The number of carbonyl (C=O) groups is 1. The molecule has 0 saturated carbocycles. The van der Waals surface area contributed by atoms with Crippen LogP contribution in [0, 0.1) is 0 Å². The Labute approximate surface area is 176 Å². The lowest BCUT2D eigenvalue weighted by Gasteiger charge is -2.25. The minimum absolute atomic E-state index is 0.157. The molecule has 30 heavy (non-hydrogen) atoms. The summed E-state index contributed by atoms with van der Waals surface area (Å²) >= 11 is 0. The van der Waals surface area contributed by atoms with Gasteiger partial charge < -0.3 is 19.4 Å². The van der Waals surface area contributed by atoms with E-state index in [0.29, 0.717) is 43.5 Å². The minimum atomic E-state index is -3.59. The Morgan fingerprint density at radius 1 is 1.07 bits per heavy atom. The zero-order valence-electron chi connectivity index (χ0n) is 17.3. The summed E-state index contributed by atoms with van der Waals surface area (Å²) in [5.74, 6) is 1.02. The highest BCUT2D eigenvalue weighted by atomic mass is 32.2. The van der Waals surface area contributed by atoms with Gasteiger partial charge in [-0.1, -0.05) is 12.5 Å². The number of aryl methyl sites for hydroxylation is 1. The van der Waals surface area contributed by atoms with Gasteiger partial charge in [-0.05, 0) is 43.5 Å². The van der Waals surface area contributed by atoms with Gasteiger partial charge in [0.15, 0.2) is 11.5 Å².